The van der Waals surface area contributed by atoms with E-state index in [0.717, 1.165) is 12.2 Å². The molecule has 0 aromatic rings. The average molecular weight is 232 g/mol. The zero-order valence-corrected chi connectivity index (χ0v) is 8.35. The molecule has 7 nitrogen and oxygen atoms in total. The van der Waals surface area contributed by atoms with Crippen molar-refractivity contribution in [2.45, 2.75) is 6.42 Å². The summed E-state index contributed by atoms with van der Waals surface area (Å²) in [6, 6.07) is 0. The van der Waals surface area contributed by atoms with E-state index in [0.29, 0.717) is 5.06 Å². The molecule has 1 unspecified atom stereocenters. The molecule has 0 saturated carbocycles. The van der Waals surface area contributed by atoms with Gasteiger partial charge in [0, 0.05) is 12.2 Å². The quantitative estimate of drug-likeness (QED) is 0.517. The van der Waals surface area contributed by atoms with Crippen molar-refractivity contribution in [2.75, 3.05) is 6.16 Å². The summed E-state index contributed by atoms with van der Waals surface area (Å²) in [5.74, 6) is -2.40. The van der Waals surface area contributed by atoms with Crippen LogP contribution in [0, 0.1) is 0 Å². The first-order chi connectivity index (χ1) is 7.00. The van der Waals surface area contributed by atoms with E-state index in [2.05, 4.69) is 4.84 Å². The maximum atomic E-state index is 11.0. The van der Waals surface area contributed by atoms with Crippen LogP contribution >= 0.6 is 8.03 Å². The second-order valence-electron chi connectivity index (χ2n) is 2.59. The van der Waals surface area contributed by atoms with Crippen molar-refractivity contribution in [1.29, 1.82) is 0 Å². The van der Waals surface area contributed by atoms with Gasteiger partial charge in [0.05, 0.1) is 6.42 Å². The molecule has 8 heteroatoms. The monoisotopic (exact) mass is 232 g/mol. The van der Waals surface area contributed by atoms with E-state index in [4.69, 9.17) is 4.89 Å². The molecule has 80 valence electrons. The van der Waals surface area contributed by atoms with Crippen LogP contribution in [0.15, 0.2) is 12.2 Å². The summed E-state index contributed by atoms with van der Waals surface area (Å²) in [4.78, 5) is 45.5. The number of carbonyl (C=O) groups excluding carboxylic acids is 3. The fourth-order valence-corrected chi connectivity index (χ4v) is 1.18. The average Bonchev–Trinajstić information content (AvgIpc) is 2.46. The summed E-state index contributed by atoms with van der Waals surface area (Å²) in [6.07, 6.45) is 1.32. The van der Waals surface area contributed by atoms with Crippen LogP contribution in [0.1, 0.15) is 6.42 Å². The lowest BCUT2D eigenvalue weighted by Gasteiger charge is -2.11. The fraction of sp³-hybridized carbons (Fsp3) is 0.286. The summed E-state index contributed by atoms with van der Waals surface area (Å²) in [5.41, 5.74) is 0. The third-order valence-corrected chi connectivity index (χ3v) is 2.08. The van der Waals surface area contributed by atoms with Crippen LogP contribution in [-0.4, -0.2) is 33.9 Å². The molecule has 1 heterocycles. The van der Waals surface area contributed by atoms with Crippen molar-refractivity contribution in [3.8, 4) is 0 Å². The lowest BCUT2D eigenvalue weighted by atomic mass is 10.5. The van der Waals surface area contributed by atoms with Gasteiger partial charge in [-0.2, -0.15) is 4.89 Å². The molecule has 1 rings (SSSR count). The molecule has 0 fully saturated rings. The van der Waals surface area contributed by atoms with Crippen molar-refractivity contribution in [3.05, 3.63) is 12.2 Å². The van der Waals surface area contributed by atoms with Gasteiger partial charge in [-0.05, 0) is 4.57 Å². The van der Waals surface area contributed by atoms with E-state index >= 15 is 0 Å². The lowest BCUT2D eigenvalue weighted by molar-refractivity contribution is -0.195. The summed E-state index contributed by atoms with van der Waals surface area (Å²) < 4.78 is 10.3. The Morgan fingerprint density at radius 3 is 2.40 bits per heavy atom. The predicted octanol–water partition coefficient (Wildman–Crippen LogP) is -0.506. The normalized spacial score (nSPS) is 15.8. The second kappa shape index (κ2) is 4.77. The van der Waals surface area contributed by atoms with Gasteiger partial charge in [0.15, 0.2) is 6.16 Å². The second-order valence-corrected chi connectivity index (χ2v) is 3.74. The van der Waals surface area contributed by atoms with E-state index in [9.17, 15) is 18.9 Å². The van der Waals surface area contributed by atoms with E-state index in [1.807, 2.05) is 0 Å². The van der Waals surface area contributed by atoms with Gasteiger partial charge < -0.3 is 4.84 Å². The minimum Gasteiger partial charge on any atom is -0.330 e. The highest BCUT2D eigenvalue weighted by Crippen LogP contribution is 2.14. The Balaban J connectivity index is 2.42. The molecule has 0 aromatic heterocycles. The van der Waals surface area contributed by atoms with Gasteiger partial charge in [0.2, 0.25) is 0 Å². The SMILES string of the molecule is O=C(CC[P+](=O)O)ON1C(=O)C=CC1=O. The summed E-state index contributed by atoms with van der Waals surface area (Å²) in [7, 11) is -2.43. The van der Waals surface area contributed by atoms with Crippen LogP contribution in [0.25, 0.3) is 0 Å². The minimum atomic E-state index is -2.43. The number of hydrogen-bond acceptors (Lipinski definition) is 5. The third kappa shape index (κ3) is 3.23. The van der Waals surface area contributed by atoms with Crippen molar-refractivity contribution >= 4 is 25.8 Å². The molecule has 2 amide bonds. The molecule has 0 saturated heterocycles. The first kappa shape index (κ1) is 11.5. The molecule has 1 aliphatic heterocycles. The Morgan fingerprint density at radius 1 is 1.40 bits per heavy atom. The summed E-state index contributed by atoms with van der Waals surface area (Å²) >= 11 is 0. The molecule has 0 spiro atoms. The van der Waals surface area contributed by atoms with Crippen molar-refractivity contribution in [1.82, 2.24) is 5.06 Å². The maximum absolute atomic E-state index is 11.0. The van der Waals surface area contributed by atoms with Crippen LogP contribution < -0.4 is 0 Å². The van der Waals surface area contributed by atoms with Gasteiger partial charge in [-0.3, -0.25) is 9.59 Å². The van der Waals surface area contributed by atoms with E-state index < -0.39 is 25.8 Å². The Kier molecular flexibility index (Phi) is 3.65. The highest BCUT2D eigenvalue weighted by molar-refractivity contribution is 7.38. The van der Waals surface area contributed by atoms with Crippen LogP contribution in [-0.2, 0) is 23.8 Å². The van der Waals surface area contributed by atoms with E-state index in [1.54, 1.807) is 0 Å². The van der Waals surface area contributed by atoms with Crippen LogP contribution in [0.5, 0.6) is 0 Å². The van der Waals surface area contributed by atoms with Gasteiger partial charge in [-0.15, -0.1) is 0 Å². The molecule has 1 aliphatic rings. The van der Waals surface area contributed by atoms with E-state index in [-0.39, 0.29) is 12.6 Å². The fourth-order valence-electron chi connectivity index (χ4n) is 0.811. The Bertz CT molecular complexity index is 344. The predicted molar refractivity (Wildman–Crippen MR) is 46.4 cm³/mol. The van der Waals surface area contributed by atoms with Gasteiger partial charge in [-0.1, -0.05) is 5.06 Å². The Labute approximate surface area is 85.1 Å². The first-order valence-corrected chi connectivity index (χ1v) is 5.31. The number of nitrogens with zero attached hydrogens (tertiary/aromatic N) is 1. The van der Waals surface area contributed by atoms with Gasteiger partial charge in [0.25, 0.3) is 11.8 Å². The van der Waals surface area contributed by atoms with Crippen LogP contribution in [0.4, 0.5) is 0 Å². The Morgan fingerprint density at radius 2 is 1.93 bits per heavy atom. The number of amides is 2. The molecule has 0 aromatic carbocycles. The summed E-state index contributed by atoms with van der Waals surface area (Å²) in [5, 5.41) is 0.298. The number of hydrogen-bond donors (Lipinski definition) is 1. The Hall–Kier alpha value is -1.59. The highest BCUT2D eigenvalue weighted by Gasteiger charge is 2.28. The van der Waals surface area contributed by atoms with Crippen molar-refractivity contribution in [3.63, 3.8) is 0 Å². The first-order valence-electron chi connectivity index (χ1n) is 3.91. The number of hydroxylamine groups is 2. The lowest BCUT2D eigenvalue weighted by Crippen LogP contribution is -2.32. The molecular weight excluding hydrogens is 225 g/mol. The topological polar surface area (TPSA) is 101 Å². The van der Waals surface area contributed by atoms with E-state index in [1.165, 1.54) is 0 Å². The van der Waals surface area contributed by atoms with Crippen LogP contribution in [0.2, 0.25) is 0 Å². The maximum Gasteiger partial charge on any atom is 0.506 e. The molecule has 15 heavy (non-hydrogen) atoms. The minimum absolute atomic E-state index is 0.266. The van der Waals surface area contributed by atoms with Crippen molar-refractivity contribution in [2.24, 2.45) is 0 Å². The number of carbonyl (C=O) groups is 3. The number of rotatable bonds is 4. The zero-order valence-electron chi connectivity index (χ0n) is 7.45. The molecule has 0 radical (unpaired) electrons. The number of imide groups is 1. The van der Waals surface area contributed by atoms with Gasteiger partial charge >= 0.3 is 14.0 Å². The molecule has 0 bridgehead atoms. The largest absolute Gasteiger partial charge is 0.506 e. The standard InChI is InChI=1S/C7H6NO6P/c9-5-1-2-6(10)8(5)14-7(11)3-4-15(12)13/h1-2H,3-4H2/p+1. The third-order valence-electron chi connectivity index (χ3n) is 1.47. The van der Waals surface area contributed by atoms with Crippen molar-refractivity contribution < 1.29 is 28.7 Å². The van der Waals surface area contributed by atoms with Gasteiger partial charge in [-0.25, -0.2) is 4.79 Å². The van der Waals surface area contributed by atoms with Crippen LogP contribution in [0.3, 0.4) is 0 Å². The molecular formula is C7H7NO6P+. The molecule has 1 atom stereocenters. The molecule has 0 aliphatic carbocycles. The highest BCUT2D eigenvalue weighted by atomic mass is 31.1. The summed E-state index contributed by atoms with van der Waals surface area (Å²) in [6.45, 7) is 0. The molecule has 1 N–H and O–H groups in total. The zero-order chi connectivity index (χ0) is 11.4. The van der Waals surface area contributed by atoms with Gasteiger partial charge in [0.1, 0.15) is 0 Å². The smallest absolute Gasteiger partial charge is 0.330 e.